The largest absolute Gasteiger partial charge is 0.486 e. The van der Waals surface area contributed by atoms with Gasteiger partial charge in [0, 0.05) is 0 Å². The molecular weight excluding hydrogens is 385 g/mol. The summed E-state index contributed by atoms with van der Waals surface area (Å²) in [6.07, 6.45) is 2.25. The summed E-state index contributed by atoms with van der Waals surface area (Å²) >= 11 is 0. The molecule has 0 bridgehead atoms. The fourth-order valence-corrected chi connectivity index (χ4v) is 3.23. The zero-order valence-electron chi connectivity index (χ0n) is 16.2. The first-order valence-corrected chi connectivity index (χ1v) is 9.42. The second kappa shape index (κ2) is 10.4. The van der Waals surface area contributed by atoms with Gasteiger partial charge in [0.05, 0.1) is 18.3 Å². The minimum Gasteiger partial charge on any atom is -0.486 e. The Morgan fingerprint density at radius 3 is 2.79 bits per heavy atom. The van der Waals surface area contributed by atoms with Crippen molar-refractivity contribution in [2.24, 2.45) is 0 Å². The van der Waals surface area contributed by atoms with Gasteiger partial charge in [0.15, 0.2) is 17.3 Å². The molecule has 1 atom stereocenters. The second-order valence-corrected chi connectivity index (χ2v) is 6.74. The Hall–Kier alpha value is -2.19. The van der Waals surface area contributed by atoms with Crippen molar-refractivity contribution in [3.63, 3.8) is 0 Å². The zero-order chi connectivity index (χ0) is 19.2. The smallest absolute Gasteiger partial charge is 0.273 e. The van der Waals surface area contributed by atoms with Crippen LogP contribution in [0.1, 0.15) is 48.4 Å². The summed E-state index contributed by atoms with van der Waals surface area (Å²) in [5.74, 6) is -0.516. The van der Waals surface area contributed by atoms with Crippen molar-refractivity contribution in [2.45, 2.75) is 45.3 Å². The van der Waals surface area contributed by atoms with E-state index in [2.05, 4.69) is 20.9 Å². The molecule has 1 aliphatic rings. The van der Waals surface area contributed by atoms with Crippen molar-refractivity contribution in [1.82, 2.24) is 25.6 Å². The lowest BCUT2D eigenvalue weighted by molar-refractivity contribution is 0.0918. The number of halogens is 2. The van der Waals surface area contributed by atoms with Gasteiger partial charge in [-0.15, -0.1) is 17.5 Å². The van der Waals surface area contributed by atoms with Crippen molar-refractivity contribution in [2.75, 3.05) is 19.6 Å². The highest BCUT2D eigenvalue weighted by Crippen LogP contribution is 2.20. The van der Waals surface area contributed by atoms with Gasteiger partial charge in [0.25, 0.3) is 5.91 Å². The Bertz CT molecular complexity index is 779. The van der Waals surface area contributed by atoms with Crippen LogP contribution in [-0.2, 0) is 0 Å². The van der Waals surface area contributed by atoms with Gasteiger partial charge in [-0.1, -0.05) is 24.3 Å². The molecule has 1 unspecified atom stereocenters. The number of nitrogens with zero attached hydrogens (tertiary/aromatic N) is 3. The quantitative estimate of drug-likeness (QED) is 0.732. The molecule has 0 spiro atoms. The van der Waals surface area contributed by atoms with Crippen LogP contribution in [0, 0.1) is 12.7 Å². The van der Waals surface area contributed by atoms with E-state index in [-0.39, 0.29) is 42.8 Å². The summed E-state index contributed by atoms with van der Waals surface area (Å²) in [5, 5.41) is 14.4. The Morgan fingerprint density at radius 1 is 1.39 bits per heavy atom. The zero-order valence-corrected chi connectivity index (χ0v) is 17.0. The SMILES string of the molecule is CCC(CNC(=O)c1nnn(C2CCNCC2)c1C)Oc1ccccc1F.Cl. The fraction of sp³-hybridized carbons (Fsp3) is 0.526. The van der Waals surface area contributed by atoms with Crippen molar-refractivity contribution in [1.29, 1.82) is 0 Å². The summed E-state index contributed by atoms with van der Waals surface area (Å²) in [6.45, 7) is 5.94. The van der Waals surface area contributed by atoms with Gasteiger partial charge in [-0.05, 0) is 51.4 Å². The molecule has 1 aliphatic heterocycles. The van der Waals surface area contributed by atoms with Crippen LogP contribution in [-0.4, -0.2) is 46.6 Å². The number of rotatable bonds is 7. The van der Waals surface area contributed by atoms with Crippen molar-refractivity contribution >= 4 is 18.3 Å². The van der Waals surface area contributed by atoms with E-state index in [1.54, 1.807) is 18.2 Å². The number of para-hydroxylation sites is 1. The van der Waals surface area contributed by atoms with Crippen LogP contribution in [0.15, 0.2) is 24.3 Å². The first-order chi connectivity index (χ1) is 13.1. The summed E-state index contributed by atoms with van der Waals surface area (Å²) < 4.78 is 21.3. The van der Waals surface area contributed by atoms with E-state index >= 15 is 0 Å². The third kappa shape index (κ3) is 5.20. The number of carbonyl (C=O) groups excluding carboxylic acids is 1. The lowest BCUT2D eigenvalue weighted by atomic mass is 10.1. The van der Waals surface area contributed by atoms with Gasteiger partial charge >= 0.3 is 0 Å². The molecule has 0 radical (unpaired) electrons. The summed E-state index contributed by atoms with van der Waals surface area (Å²) in [7, 11) is 0. The molecule has 1 aromatic heterocycles. The topological polar surface area (TPSA) is 81.1 Å². The molecule has 1 aromatic carbocycles. The molecule has 3 rings (SSSR count). The van der Waals surface area contributed by atoms with Crippen LogP contribution < -0.4 is 15.4 Å². The number of carbonyl (C=O) groups is 1. The Kier molecular flexibility index (Phi) is 8.19. The minimum absolute atomic E-state index is 0. The van der Waals surface area contributed by atoms with Crippen LogP contribution in [0.3, 0.4) is 0 Å². The summed E-state index contributed by atoms with van der Waals surface area (Å²) in [5.41, 5.74) is 1.09. The molecule has 9 heteroatoms. The average Bonchev–Trinajstić information content (AvgIpc) is 3.08. The minimum atomic E-state index is -0.414. The Balaban J connectivity index is 0.00000280. The number of piperidine rings is 1. The maximum Gasteiger partial charge on any atom is 0.273 e. The highest BCUT2D eigenvalue weighted by molar-refractivity contribution is 5.93. The molecule has 2 N–H and O–H groups in total. The first kappa shape index (κ1) is 22.1. The number of benzene rings is 1. The average molecular weight is 412 g/mol. The number of amides is 1. The fourth-order valence-electron chi connectivity index (χ4n) is 3.23. The number of hydrogen-bond donors (Lipinski definition) is 2. The van der Waals surface area contributed by atoms with Crippen LogP contribution in [0.4, 0.5) is 4.39 Å². The van der Waals surface area contributed by atoms with Gasteiger partial charge in [-0.3, -0.25) is 4.79 Å². The first-order valence-electron chi connectivity index (χ1n) is 9.42. The number of nitrogens with one attached hydrogen (secondary N) is 2. The molecule has 28 heavy (non-hydrogen) atoms. The molecule has 1 amide bonds. The van der Waals surface area contributed by atoms with E-state index in [0.29, 0.717) is 12.1 Å². The monoisotopic (exact) mass is 411 g/mol. The van der Waals surface area contributed by atoms with Crippen molar-refractivity contribution in [3.8, 4) is 5.75 Å². The maximum absolute atomic E-state index is 13.7. The normalized spacial score (nSPS) is 15.5. The van der Waals surface area contributed by atoms with Crippen molar-refractivity contribution < 1.29 is 13.9 Å². The Morgan fingerprint density at radius 2 is 2.11 bits per heavy atom. The number of ether oxygens (including phenoxy) is 1. The lowest BCUT2D eigenvalue weighted by Crippen LogP contribution is -2.35. The van der Waals surface area contributed by atoms with Gasteiger partial charge in [0.2, 0.25) is 0 Å². The van der Waals surface area contributed by atoms with Gasteiger partial charge in [-0.2, -0.15) is 0 Å². The molecule has 7 nitrogen and oxygen atoms in total. The molecule has 1 saturated heterocycles. The molecular formula is C19H27ClFN5O2. The molecule has 154 valence electrons. The van der Waals surface area contributed by atoms with E-state index < -0.39 is 5.82 Å². The predicted octanol–water partition coefficient (Wildman–Crippen LogP) is 2.66. The third-order valence-electron chi connectivity index (χ3n) is 4.87. The van der Waals surface area contributed by atoms with Crippen LogP contribution in [0.25, 0.3) is 0 Å². The Labute approximate surface area is 170 Å². The second-order valence-electron chi connectivity index (χ2n) is 6.74. The van der Waals surface area contributed by atoms with Gasteiger partial charge in [-0.25, -0.2) is 9.07 Å². The van der Waals surface area contributed by atoms with Crippen LogP contribution in [0.2, 0.25) is 0 Å². The van der Waals surface area contributed by atoms with Gasteiger partial charge in [0.1, 0.15) is 6.10 Å². The molecule has 2 aromatic rings. The molecule has 1 fully saturated rings. The molecule has 2 heterocycles. The van der Waals surface area contributed by atoms with Crippen molar-refractivity contribution in [3.05, 3.63) is 41.5 Å². The van der Waals surface area contributed by atoms with Crippen LogP contribution >= 0.6 is 12.4 Å². The highest BCUT2D eigenvalue weighted by Gasteiger charge is 2.23. The van der Waals surface area contributed by atoms with E-state index in [1.807, 2.05) is 18.5 Å². The van der Waals surface area contributed by atoms with E-state index in [9.17, 15) is 9.18 Å². The summed E-state index contributed by atoms with van der Waals surface area (Å²) in [4.78, 5) is 12.5. The number of hydrogen-bond acceptors (Lipinski definition) is 5. The molecule has 0 aliphatic carbocycles. The maximum atomic E-state index is 13.7. The van der Waals surface area contributed by atoms with E-state index in [4.69, 9.17) is 4.74 Å². The van der Waals surface area contributed by atoms with Gasteiger partial charge < -0.3 is 15.4 Å². The summed E-state index contributed by atoms with van der Waals surface area (Å²) in [6, 6.07) is 6.52. The number of aromatic nitrogens is 3. The van der Waals surface area contributed by atoms with Crippen LogP contribution in [0.5, 0.6) is 5.75 Å². The predicted molar refractivity (Wildman–Crippen MR) is 107 cm³/mol. The lowest BCUT2D eigenvalue weighted by Gasteiger charge is -2.23. The van der Waals surface area contributed by atoms with E-state index in [0.717, 1.165) is 31.6 Å². The standard InChI is InChI=1S/C19H26FN5O2.ClH/c1-3-15(27-17-7-5-4-6-16(17)20)12-22-19(26)18-13(2)25(24-23-18)14-8-10-21-11-9-14;/h4-7,14-15,21H,3,8-12H2,1-2H3,(H,22,26);1H. The van der Waals surface area contributed by atoms with E-state index in [1.165, 1.54) is 6.07 Å². The highest BCUT2D eigenvalue weighted by atomic mass is 35.5. The third-order valence-corrected chi connectivity index (χ3v) is 4.87. The molecule has 0 saturated carbocycles.